The van der Waals surface area contributed by atoms with E-state index >= 15 is 0 Å². The van der Waals surface area contributed by atoms with Crippen molar-refractivity contribution in [3.63, 3.8) is 0 Å². The molecule has 0 aliphatic heterocycles. The minimum absolute atomic E-state index is 0.136. The molecule has 0 bridgehead atoms. The zero-order valence-corrected chi connectivity index (χ0v) is 12.9. The summed E-state index contributed by atoms with van der Waals surface area (Å²) in [6, 6.07) is 0.273. The fourth-order valence-electron chi connectivity index (χ4n) is 3.03. The molecule has 1 aromatic heterocycles. The molecule has 0 aromatic carbocycles. The van der Waals surface area contributed by atoms with E-state index in [1.54, 1.807) is 0 Å². The highest BCUT2D eigenvalue weighted by Gasteiger charge is 2.34. The number of nitrogens with two attached hydrogens (primary N) is 1. The van der Waals surface area contributed by atoms with Crippen LogP contribution in [0.2, 0.25) is 0 Å². The molecule has 0 spiro atoms. The average Bonchev–Trinajstić information content (AvgIpc) is 3.00. The van der Waals surface area contributed by atoms with Crippen LogP contribution in [0.15, 0.2) is 0 Å². The third-order valence-electron chi connectivity index (χ3n) is 4.25. The zero-order chi connectivity index (χ0) is 15.0. The van der Waals surface area contributed by atoms with Crippen molar-refractivity contribution in [2.75, 3.05) is 12.8 Å². The molecule has 1 aromatic rings. The van der Waals surface area contributed by atoms with Crippen molar-refractivity contribution in [2.24, 2.45) is 0 Å². The Morgan fingerprint density at radius 1 is 1.24 bits per heavy atom. The summed E-state index contributed by atoms with van der Waals surface area (Å²) in [6.45, 7) is 0. The van der Waals surface area contributed by atoms with E-state index in [4.69, 9.17) is 10.5 Å². The summed E-state index contributed by atoms with van der Waals surface area (Å²) in [7, 11) is 1.36. The predicted octanol–water partition coefficient (Wildman–Crippen LogP) is 2.67. The van der Waals surface area contributed by atoms with E-state index < -0.39 is 0 Å². The summed E-state index contributed by atoms with van der Waals surface area (Å²) in [5.74, 6) is -0.282. The Morgan fingerprint density at radius 3 is 2.48 bits per heavy atom. The highest BCUT2D eigenvalue weighted by molar-refractivity contribution is 7.18. The summed E-state index contributed by atoms with van der Waals surface area (Å²) in [5.41, 5.74) is 7.38. The molecule has 2 aliphatic carbocycles. The van der Waals surface area contributed by atoms with Crippen LogP contribution < -0.4 is 11.1 Å². The van der Waals surface area contributed by atoms with Crippen molar-refractivity contribution in [2.45, 2.75) is 50.5 Å². The summed E-state index contributed by atoms with van der Waals surface area (Å²) in [6.07, 6.45) is 6.32. The Hall–Kier alpha value is -1.56. The molecule has 0 radical (unpaired) electrons. The van der Waals surface area contributed by atoms with E-state index in [-0.39, 0.29) is 23.8 Å². The first-order valence-electron chi connectivity index (χ1n) is 7.43. The fraction of sp³-hybridized carbons (Fsp3) is 0.600. The second-order valence-corrected chi connectivity index (χ2v) is 6.86. The molecule has 3 N–H and O–H groups in total. The number of ether oxygens (including phenoxy) is 1. The van der Waals surface area contributed by atoms with Gasteiger partial charge in [0.05, 0.1) is 17.7 Å². The highest BCUT2D eigenvalue weighted by atomic mass is 32.1. The van der Waals surface area contributed by atoms with Crippen LogP contribution in [0.3, 0.4) is 0 Å². The van der Waals surface area contributed by atoms with E-state index in [0.29, 0.717) is 15.4 Å². The van der Waals surface area contributed by atoms with Gasteiger partial charge in [0.2, 0.25) is 0 Å². The molecule has 5 nitrogen and oxygen atoms in total. The highest BCUT2D eigenvalue weighted by Crippen LogP contribution is 2.43. The molecule has 6 heteroatoms. The van der Waals surface area contributed by atoms with Gasteiger partial charge in [0, 0.05) is 6.04 Å². The van der Waals surface area contributed by atoms with E-state index in [2.05, 4.69) is 5.32 Å². The second-order valence-electron chi connectivity index (χ2n) is 5.80. The SMILES string of the molecule is COC(=O)c1sc(N)c(C(=O)NC2CC2)c1C1CCCC1. The standard InChI is InChI=1S/C15H20N2O3S/c1-20-15(19)12-10(8-4-2-3-5-8)11(13(16)21-12)14(18)17-9-6-7-9/h8-9H,2-7,16H2,1H3,(H,17,18). The molecule has 0 atom stereocenters. The monoisotopic (exact) mass is 308 g/mol. The molecule has 2 saturated carbocycles. The van der Waals surface area contributed by atoms with Gasteiger partial charge in [-0.15, -0.1) is 11.3 Å². The molecular formula is C15H20N2O3S. The van der Waals surface area contributed by atoms with Crippen LogP contribution in [-0.2, 0) is 4.74 Å². The van der Waals surface area contributed by atoms with Gasteiger partial charge in [0.25, 0.3) is 5.91 Å². The third-order valence-corrected chi connectivity index (χ3v) is 5.26. The fourth-order valence-corrected chi connectivity index (χ4v) is 4.10. The molecule has 2 fully saturated rings. The number of methoxy groups -OCH3 is 1. The second kappa shape index (κ2) is 5.67. The molecule has 21 heavy (non-hydrogen) atoms. The minimum atomic E-state index is -0.390. The van der Waals surface area contributed by atoms with Crippen molar-refractivity contribution in [1.82, 2.24) is 5.32 Å². The maximum absolute atomic E-state index is 12.5. The van der Waals surface area contributed by atoms with E-state index in [9.17, 15) is 9.59 Å². The van der Waals surface area contributed by atoms with Gasteiger partial charge in [-0.2, -0.15) is 0 Å². The molecule has 1 heterocycles. The summed E-state index contributed by atoms with van der Waals surface area (Å²) in [5, 5.41) is 3.41. The van der Waals surface area contributed by atoms with Gasteiger partial charge in [0.1, 0.15) is 4.88 Å². The number of hydrogen-bond acceptors (Lipinski definition) is 5. The maximum Gasteiger partial charge on any atom is 0.348 e. The van der Waals surface area contributed by atoms with Crippen LogP contribution in [0.5, 0.6) is 0 Å². The number of rotatable bonds is 4. The molecule has 0 unspecified atom stereocenters. The third kappa shape index (κ3) is 2.77. The van der Waals surface area contributed by atoms with Gasteiger partial charge in [-0.05, 0) is 37.2 Å². The summed E-state index contributed by atoms with van der Waals surface area (Å²) in [4.78, 5) is 25.0. The maximum atomic E-state index is 12.5. The van der Waals surface area contributed by atoms with Crippen LogP contribution in [-0.4, -0.2) is 25.0 Å². The topological polar surface area (TPSA) is 81.4 Å². The Kier molecular flexibility index (Phi) is 3.89. The number of thiophene rings is 1. The van der Waals surface area contributed by atoms with Crippen molar-refractivity contribution < 1.29 is 14.3 Å². The molecular weight excluding hydrogens is 288 g/mol. The Morgan fingerprint density at radius 2 is 1.90 bits per heavy atom. The average molecular weight is 308 g/mol. The molecule has 3 rings (SSSR count). The number of nitrogens with one attached hydrogen (secondary N) is 1. The van der Waals surface area contributed by atoms with Gasteiger partial charge in [-0.1, -0.05) is 12.8 Å². The van der Waals surface area contributed by atoms with E-state index in [1.807, 2.05) is 0 Å². The lowest BCUT2D eigenvalue weighted by Gasteiger charge is -2.13. The van der Waals surface area contributed by atoms with Gasteiger partial charge in [-0.25, -0.2) is 4.79 Å². The van der Waals surface area contributed by atoms with Gasteiger partial charge < -0.3 is 15.8 Å². The number of hydrogen-bond donors (Lipinski definition) is 2. The Balaban J connectivity index is 2.01. The quantitative estimate of drug-likeness (QED) is 0.838. The first kappa shape index (κ1) is 14.4. The molecule has 1 amide bonds. The smallest absolute Gasteiger partial charge is 0.348 e. The van der Waals surface area contributed by atoms with Crippen LogP contribution in [0, 0.1) is 0 Å². The lowest BCUT2D eigenvalue weighted by molar-refractivity contribution is 0.0604. The lowest BCUT2D eigenvalue weighted by atomic mass is 9.93. The number of esters is 1. The van der Waals surface area contributed by atoms with Crippen LogP contribution in [0.1, 0.15) is 70.0 Å². The first-order valence-corrected chi connectivity index (χ1v) is 8.24. The Labute approximate surface area is 127 Å². The first-order chi connectivity index (χ1) is 10.1. The van der Waals surface area contributed by atoms with Crippen molar-refractivity contribution in [3.05, 3.63) is 16.0 Å². The van der Waals surface area contributed by atoms with E-state index in [0.717, 1.165) is 44.1 Å². The summed E-state index contributed by atoms with van der Waals surface area (Å²) < 4.78 is 4.86. The number of nitrogen functional groups attached to an aromatic ring is 1. The van der Waals surface area contributed by atoms with Crippen molar-refractivity contribution in [3.8, 4) is 0 Å². The van der Waals surface area contributed by atoms with Gasteiger partial charge >= 0.3 is 5.97 Å². The van der Waals surface area contributed by atoms with E-state index in [1.165, 1.54) is 18.4 Å². The van der Waals surface area contributed by atoms with Gasteiger partial charge in [0.15, 0.2) is 0 Å². The number of anilines is 1. The van der Waals surface area contributed by atoms with Crippen LogP contribution >= 0.6 is 11.3 Å². The number of carbonyl (C=O) groups is 2. The largest absolute Gasteiger partial charge is 0.465 e. The molecule has 2 aliphatic rings. The van der Waals surface area contributed by atoms with Crippen LogP contribution in [0.4, 0.5) is 5.00 Å². The van der Waals surface area contributed by atoms with Crippen molar-refractivity contribution >= 4 is 28.2 Å². The molecule has 114 valence electrons. The number of carbonyl (C=O) groups excluding carboxylic acids is 2. The summed E-state index contributed by atoms with van der Waals surface area (Å²) >= 11 is 1.18. The van der Waals surface area contributed by atoms with Gasteiger partial charge in [-0.3, -0.25) is 4.79 Å². The normalized spacial score (nSPS) is 18.7. The van der Waals surface area contributed by atoms with Crippen molar-refractivity contribution in [1.29, 1.82) is 0 Å². The molecule has 0 saturated heterocycles. The lowest BCUT2D eigenvalue weighted by Crippen LogP contribution is -2.27. The van der Waals surface area contributed by atoms with Crippen LogP contribution in [0.25, 0.3) is 0 Å². The number of amides is 1. The Bertz CT molecular complexity index is 572. The predicted molar refractivity (Wildman–Crippen MR) is 81.8 cm³/mol. The zero-order valence-electron chi connectivity index (χ0n) is 12.1. The minimum Gasteiger partial charge on any atom is -0.465 e.